The third kappa shape index (κ3) is 2.40. The molecule has 2 N–H and O–H groups in total. The molecule has 0 aliphatic heterocycles. The predicted molar refractivity (Wildman–Crippen MR) is 78.8 cm³/mol. The summed E-state index contributed by atoms with van der Waals surface area (Å²) in [4.78, 5) is 3.56. The Morgan fingerprint density at radius 1 is 1.42 bits per heavy atom. The molecule has 0 spiro atoms. The van der Waals surface area contributed by atoms with E-state index in [1.54, 1.807) is 23.5 Å². The number of rotatable bonds is 5. The maximum Gasteiger partial charge on any atom is 0.132 e. The smallest absolute Gasteiger partial charge is 0.132 e. The van der Waals surface area contributed by atoms with E-state index in [2.05, 4.69) is 11.8 Å². The third-order valence-electron chi connectivity index (χ3n) is 3.86. The zero-order valence-corrected chi connectivity index (χ0v) is 12.0. The van der Waals surface area contributed by atoms with Crippen molar-refractivity contribution in [1.82, 2.24) is 4.90 Å². The fourth-order valence-corrected chi connectivity index (χ4v) is 3.80. The van der Waals surface area contributed by atoms with Crippen LogP contribution in [0.4, 0.5) is 4.39 Å². The van der Waals surface area contributed by atoms with Gasteiger partial charge in [-0.2, -0.15) is 0 Å². The van der Waals surface area contributed by atoms with Crippen LogP contribution in [0.25, 0.3) is 10.1 Å². The first kappa shape index (κ1) is 13.0. The molecule has 0 radical (unpaired) electrons. The van der Waals surface area contributed by atoms with Gasteiger partial charge in [0.25, 0.3) is 0 Å². The van der Waals surface area contributed by atoms with Gasteiger partial charge in [-0.25, -0.2) is 4.39 Å². The molecule has 1 heterocycles. The number of benzene rings is 1. The van der Waals surface area contributed by atoms with E-state index in [1.807, 2.05) is 6.07 Å². The molecule has 1 saturated carbocycles. The van der Waals surface area contributed by atoms with Crippen LogP contribution in [0.2, 0.25) is 0 Å². The van der Waals surface area contributed by atoms with Crippen molar-refractivity contribution in [3.8, 4) is 0 Å². The standard InChI is InChI=1S/C15H19FN2S/c1-2-18(10-6-7-10)9-11-14(8-17)19-13-5-3-4-12(16)15(11)13/h3-5,10H,2,6-9,17H2,1H3. The summed E-state index contributed by atoms with van der Waals surface area (Å²) in [5.41, 5.74) is 6.95. The summed E-state index contributed by atoms with van der Waals surface area (Å²) in [7, 11) is 0. The summed E-state index contributed by atoms with van der Waals surface area (Å²) in [6.07, 6.45) is 2.55. The van der Waals surface area contributed by atoms with E-state index in [4.69, 9.17) is 5.73 Å². The molecule has 0 amide bonds. The molecule has 0 saturated heterocycles. The van der Waals surface area contributed by atoms with E-state index in [0.29, 0.717) is 12.6 Å². The number of hydrogen-bond acceptors (Lipinski definition) is 3. The lowest BCUT2D eigenvalue weighted by atomic mass is 10.1. The number of hydrogen-bond donors (Lipinski definition) is 1. The Kier molecular flexibility index (Phi) is 3.56. The van der Waals surface area contributed by atoms with Gasteiger partial charge in [0.2, 0.25) is 0 Å². The molecule has 1 aliphatic carbocycles. The van der Waals surface area contributed by atoms with Crippen molar-refractivity contribution in [3.05, 3.63) is 34.5 Å². The minimum atomic E-state index is -0.115. The largest absolute Gasteiger partial charge is 0.326 e. The minimum Gasteiger partial charge on any atom is -0.326 e. The Balaban J connectivity index is 2.04. The lowest BCUT2D eigenvalue weighted by Gasteiger charge is -2.20. The molecule has 3 rings (SSSR count). The first-order valence-electron chi connectivity index (χ1n) is 6.87. The van der Waals surface area contributed by atoms with Crippen molar-refractivity contribution in [2.75, 3.05) is 6.54 Å². The van der Waals surface area contributed by atoms with Gasteiger partial charge in [-0.15, -0.1) is 11.3 Å². The van der Waals surface area contributed by atoms with Gasteiger partial charge < -0.3 is 5.73 Å². The van der Waals surface area contributed by atoms with Gasteiger partial charge in [0.05, 0.1) is 0 Å². The van der Waals surface area contributed by atoms with E-state index in [1.165, 1.54) is 12.8 Å². The van der Waals surface area contributed by atoms with Crippen LogP contribution < -0.4 is 5.73 Å². The molecule has 2 nitrogen and oxygen atoms in total. The lowest BCUT2D eigenvalue weighted by molar-refractivity contribution is 0.270. The topological polar surface area (TPSA) is 29.3 Å². The SMILES string of the molecule is CCN(Cc1c(CN)sc2cccc(F)c12)C1CC1. The highest BCUT2D eigenvalue weighted by molar-refractivity contribution is 7.19. The van der Waals surface area contributed by atoms with Crippen molar-refractivity contribution in [2.45, 2.75) is 38.9 Å². The number of halogens is 1. The van der Waals surface area contributed by atoms with Gasteiger partial charge in [0.15, 0.2) is 0 Å². The first-order chi connectivity index (χ1) is 9.24. The monoisotopic (exact) mass is 278 g/mol. The van der Waals surface area contributed by atoms with Gasteiger partial charge in [0.1, 0.15) is 5.82 Å². The summed E-state index contributed by atoms with van der Waals surface area (Å²) in [6.45, 7) is 4.51. The number of thiophene rings is 1. The van der Waals surface area contributed by atoms with Crippen LogP contribution in [0, 0.1) is 5.82 Å². The molecular weight excluding hydrogens is 259 g/mol. The second kappa shape index (κ2) is 5.19. The van der Waals surface area contributed by atoms with E-state index in [0.717, 1.165) is 33.6 Å². The fourth-order valence-electron chi connectivity index (χ4n) is 2.69. The zero-order valence-electron chi connectivity index (χ0n) is 11.2. The quantitative estimate of drug-likeness (QED) is 0.907. The van der Waals surface area contributed by atoms with Crippen LogP contribution in [0.3, 0.4) is 0 Å². The summed E-state index contributed by atoms with van der Waals surface area (Å²) in [5.74, 6) is -0.115. The number of nitrogens with zero attached hydrogens (tertiary/aromatic N) is 1. The fraction of sp³-hybridized carbons (Fsp3) is 0.467. The average molecular weight is 278 g/mol. The predicted octanol–water partition coefficient (Wildman–Crippen LogP) is 3.48. The molecule has 0 bridgehead atoms. The second-order valence-corrected chi connectivity index (χ2v) is 6.25. The van der Waals surface area contributed by atoms with Crippen LogP contribution in [-0.2, 0) is 13.1 Å². The molecule has 1 fully saturated rings. The van der Waals surface area contributed by atoms with Crippen LogP contribution in [0.5, 0.6) is 0 Å². The number of nitrogens with two attached hydrogens (primary N) is 1. The van der Waals surface area contributed by atoms with Gasteiger partial charge in [-0.3, -0.25) is 4.90 Å². The van der Waals surface area contributed by atoms with Gasteiger partial charge >= 0.3 is 0 Å². The van der Waals surface area contributed by atoms with Crippen molar-refractivity contribution in [1.29, 1.82) is 0 Å². The summed E-state index contributed by atoms with van der Waals surface area (Å²) >= 11 is 1.63. The highest BCUT2D eigenvalue weighted by Crippen LogP contribution is 2.36. The van der Waals surface area contributed by atoms with Gasteiger partial charge in [-0.05, 0) is 37.1 Å². The van der Waals surface area contributed by atoms with E-state index in [9.17, 15) is 4.39 Å². The molecule has 0 atom stereocenters. The summed E-state index contributed by atoms with van der Waals surface area (Å²) in [5, 5.41) is 0.784. The zero-order chi connectivity index (χ0) is 13.4. The van der Waals surface area contributed by atoms with Crippen molar-refractivity contribution in [3.63, 3.8) is 0 Å². The van der Waals surface area contributed by atoms with Gasteiger partial charge in [-0.1, -0.05) is 13.0 Å². The number of fused-ring (bicyclic) bond motifs is 1. The van der Waals surface area contributed by atoms with E-state index in [-0.39, 0.29) is 5.82 Å². The molecule has 1 aliphatic rings. The van der Waals surface area contributed by atoms with Crippen LogP contribution in [0.1, 0.15) is 30.2 Å². The molecule has 19 heavy (non-hydrogen) atoms. The van der Waals surface area contributed by atoms with Crippen molar-refractivity contribution >= 4 is 21.4 Å². The van der Waals surface area contributed by atoms with Crippen molar-refractivity contribution in [2.24, 2.45) is 5.73 Å². The summed E-state index contributed by atoms with van der Waals surface area (Å²) < 4.78 is 15.1. The van der Waals surface area contributed by atoms with Crippen LogP contribution >= 0.6 is 11.3 Å². The summed E-state index contributed by atoms with van der Waals surface area (Å²) in [6, 6.07) is 6.00. The highest BCUT2D eigenvalue weighted by Gasteiger charge is 2.29. The Bertz CT molecular complexity index is 589. The Hall–Kier alpha value is -0.970. The maximum absolute atomic E-state index is 14.1. The first-order valence-corrected chi connectivity index (χ1v) is 7.69. The second-order valence-electron chi connectivity index (χ2n) is 5.12. The molecule has 0 unspecified atom stereocenters. The van der Waals surface area contributed by atoms with Crippen molar-refractivity contribution < 1.29 is 4.39 Å². The lowest BCUT2D eigenvalue weighted by Crippen LogP contribution is -2.25. The minimum absolute atomic E-state index is 0.115. The highest BCUT2D eigenvalue weighted by atomic mass is 32.1. The van der Waals surface area contributed by atoms with Crippen LogP contribution in [0.15, 0.2) is 18.2 Å². The molecule has 102 valence electrons. The normalized spacial score (nSPS) is 15.6. The maximum atomic E-state index is 14.1. The molecular formula is C15H19FN2S. The Morgan fingerprint density at radius 3 is 2.84 bits per heavy atom. The average Bonchev–Trinajstić information content (AvgIpc) is 3.18. The van der Waals surface area contributed by atoms with Gasteiger partial charge in [0, 0.05) is 34.1 Å². The Labute approximate surface area is 117 Å². The van der Waals surface area contributed by atoms with Crippen LogP contribution in [-0.4, -0.2) is 17.5 Å². The van der Waals surface area contributed by atoms with E-state index >= 15 is 0 Å². The molecule has 1 aromatic heterocycles. The third-order valence-corrected chi connectivity index (χ3v) is 5.08. The van der Waals surface area contributed by atoms with E-state index < -0.39 is 0 Å². The molecule has 4 heteroatoms. The molecule has 2 aromatic rings. The molecule has 1 aromatic carbocycles. The Morgan fingerprint density at radius 2 is 2.21 bits per heavy atom.